The molecule has 2 aromatic carbocycles. The third kappa shape index (κ3) is 5.04. The van der Waals surface area contributed by atoms with Crippen LogP contribution >= 0.6 is 0 Å². The van der Waals surface area contributed by atoms with E-state index in [2.05, 4.69) is 27.8 Å². The van der Waals surface area contributed by atoms with Crippen LogP contribution in [-0.4, -0.2) is 30.6 Å². The van der Waals surface area contributed by atoms with Crippen LogP contribution in [0, 0.1) is 0 Å². The average Bonchev–Trinajstić information content (AvgIpc) is 2.77. The number of anilines is 2. The van der Waals surface area contributed by atoms with Crippen molar-refractivity contribution in [2.75, 3.05) is 25.1 Å². The third-order valence-corrected chi connectivity index (χ3v) is 4.61. The first-order chi connectivity index (χ1) is 14.3. The summed E-state index contributed by atoms with van der Waals surface area (Å²) < 4.78 is 11.1. The summed E-state index contributed by atoms with van der Waals surface area (Å²) in [5.74, 6) is 1.93. The molecule has 0 bridgehead atoms. The lowest BCUT2D eigenvalue weighted by Gasteiger charge is -2.19. The number of benzene rings is 2. The molecule has 0 unspecified atom stereocenters. The monoisotopic (exact) mass is 389 g/mol. The highest BCUT2D eigenvalue weighted by Gasteiger charge is 2.12. The van der Waals surface area contributed by atoms with E-state index in [-0.39, 0.29) is 5.91 Å². The maximum Gasteiger partial charge on any atom is 0.251 e. The lowest BCUT2D eigenvalue weighted by atomic mass is 10.1. The number of amides is 1. The summed E-state index contributed by atoms with van der Waals surface area (Å²) in [6.45, 7) is 1.72. The molecule has 0 spiro atoms. The Morgan fingerprint density at radius 1 is 0.966 bits per heavy atom. The van der Waals surface area contributed by atoms with Crippen molar-refractivity contribution < 1.29 is 14.3 Å². The van der Waals surface area contributed by atoms with Crippen molar-refractivity contribution >= 4 is 17.4 Å². The Morgan fingerprint density at radius 2 is 1.79 bits per heavy atom. The molecule has 0 saturated carbocycles. The summed E-state index contributed by atoms with van der Waals surface area (Å²) >= 11 is 0. The largest absolute Gasteiger partial charge is 0.486 e. The van der Waals surface area contributed by atoms with E-state index >= 15 is 0 Å². The molecule has 0 fully saturated rings. The molecule has 1 aliphatic heterocycles. The van der Waals surface area contributed by atoms with Crippen LogP contribution < -0.4 is 20.1 Å². The first kappa shape index (κ1) is 18.8. The molecule has 148 valence electrons. The molecule has 0 radical (unpaired) electrons. The fourth-order valence-corrected chi connectivity index (χ4v) is 3.15. The molecule has 1 aliphatic rings. The highest BCUT2D eigenvalue weighted by Crippen LogP contribution is 2.33. The van der Waals surface area contributed by atoms with Crippen molar-refractivity contribution in [3.63, 3.8) is 0 Å². The molecule has 2 N–H and O–H groups in total. The van der Waals surface area contributed by atoms with Gasteiger partial charge in [-0.05, 0) is 42.7 Å². The van der Waals surface area contributed by atoms with Crippen LogP contribution in [0.4, 0.5) is 11.5 Å². The minimum Gasteiger partial charge on any atom is -0.486 e. The second kappa shape index (κ2) is 9.10. The van der Waals surface area contributed by atoms with E-state index in [1.165, 1.54) is 5.56 Å². The molecule has 6 nitrogen and oxygen atoms in total. The molecule has 4 rings (SSSR count). The average molecular weight is 389 g/mol. The molecular weight excluding hydrogens is 366 g/mol. The second-order valence-corrected chi connectivity index (χ2v) is 6.76. The number of rotatable bonds is 7. The van der Waals surface area contributed by atoms with Crippen LogP contribution in [0.15, 0.2) is 66.9 Å². The summed E-state index contributed by atoms with van der Waals surface area (Å²) in [4.78, 5) is 16.8. The summed E-state index contributed by atoms with van der Waals surface area (Å²) in [6, 6.07) is 19.3. The molecule has 0 saturated heterocycles. The molecule has 1 aromatic heterocycles. The topological polar surface area (TPSA) is 72.5 Å². The van der Waals surface area contributed by atoms with Crippen molar-refractivity contribution in [1.29, 1.82) is 0 Å². The Labute approximate surface area is 169 Å². The van der Waals surface area contributed by atoms with E-state index in [1.54, 1.807) is 18.3 Å². The number of aryl methyl sites for hydroxylation is 1. The number of fused-ring (bicyclic) bond motifs is 1. The fourth-order valence-electron chi connectivity index (χ4n) is 3.15. The summed E-state index contributed by atoms with van der Waals surface area (Å²) in [7, 11) is 0. The van der Waals surface area contributed by atoms with E-state index < -0.39 is 0 Å². The highest BCUT2D eigenvalue weighted by molar-refractivity contribution is 5.94. The molecule has 6 heteroatoms. The van der Waals surface area contributed by atoms with Gasteiger partial charge in [-0.2, -0.15) is 0 Å². The van der Waals surface area contributed by atoms with Crippen LogP contribution in [0.25, 0.3) is 0 Å². The van der Waals surface area contributed by atoms with Crippen molar-refractivity contribution in [3.05, 3.63) is 78.0 Å². The SMILES string of the molecule is O=C(NCCCc1ccccc1)c1ccnc(Nc2ccc3c(c2)OCCO3)c1. The van der Waals surface area contributed by atoms with Crippen molar-refractivity contribution in [3.8, 4) is 11.5 Å². The van der Waals surface area contributed by atoms with Crippen LogP contribution in [0.2, 0.25) is 0 Å². The predicted octanol–water partition coefficient (Wildman–Crippen LogP) is 3.96. The number of hydrogen-bond acceptors (Lipinski definition) is 5. The zero-order chi connectivity index (χ0) is 19.9. The number of carbonyl (C=O) groups is 1. The Morgan fingerprint density at radius 3 is 2.66 bits per heavy atom. The van der Waals surface area contributed by atoms with Gasteiger partial charge in [0.15, 0.2) is 11.5 Å². The maximum atomic E-state index is 12.4. The van der Waals surface area contributed by atoms with E-state index in [0.717, 1.165) is 24.3 Å². The number of hydrogen-bond donors (Lipinski definition) is 2. The number of aromatic nitrogens is 1. The molecule has 1 amide bonds. The van der Waals surface area contributed by atoms with Gasteiger partial charge in [-0.15, -0.1) is 0 Å². The first-order valence-corrected chi connectivity index (χ1v) is 9.73. The van der Waals surface area contributed by atoms with E-state index in [0.29, 0.717) is 36.9 Å². The van der Waals surface area contributed by atoms with Gasteiger partial charge in [0.25, 0.3) is 5.91 Å². The minimum atomic E-state index is -0.106. The van der Waals surface area contributed by atoms with E-state index in [9.17, 15) is 4.79 Å². The van der Waals surface area contributed by atoms with E-state index in [4.69, 9.17) is 9.47 Å². The van der Waals surface area contributed by atoms with Gasteiger partial charge in [0.2, 0.25) is 0 Å². The maximum absolute atomic E-state index is 12.4. The van der Waals surface area contributed by atoms with Crippen molar-refractivity contribution in [1.82, 2.24) is 10.3 Å². The molecule has 0 atom stereocenters. The Balaban J connectivity index is 1.32. The van der Waals surface area contributed by atoms with Gasteiger partial charge >= 0.3 is 0 Å². The molecular formula is C23H23N3O3. The fraction of sp³-hybridized carbons (Fsp3) is 0.217. The normalized spacial score (nSPS) is 12.3. The van der Waals surface area contributed by atoms with Gasteiger partial charge in [0.05, 0.1) is 0 Å². The summed E-state index contributed by atoms with van der Waals surface area (Å²) in [5.41, 5.74) is 2.67. The van der Waals surface area contributed by atoms with Gasteiger partial charge in [-0.25, -0.2) is 4.98 Å². The Bertz CT molecular complexity index is 976. The number of ether oxygens (including phenoxy) is 2. The zero-order valence-electron chi connectivity index (χ0n) is 16.1. The lowest BCUT2D eigenvalue weighted by Crippen LogP contribution is -2.24. The summed E-state index contributed by atoms with van der Waals surface area (Å²) in [5, 5.41) is 6.18. The molecule has 2 heterocycles. The number of carbonyl (C=O) groups excluding carboxylic acids is 1. The lowest BCUT2D eigenvalue weighted by molar-refractivity contribution is 0.0953. The van der Waals surface area contributed by atoms with Gasteiger partial charge in [-0.1, -0.05) is 30.3 Å². The second-order valence-electron chi connectivity index (χ2n) is 6.76. The predicted molar refractivity (Wildman–Crippen MR) is 112 cm³/mol. The molecule has 29 heavy (non-hydrogen) atoms. The number of nitrogens with zero attached hydrogens (tertiary/aromatic N) is 1. The Hall–Kier alpha value is -3.54. The van der Waals surface area contributed by atoms with Gasteiger partial charge in [0.1, 0.15) is 19.0 Å². The van der Waals surface area contributed by atoms with Gasteiger partial charge in [0, 0.05) is 30.1 Å². The van der Waals surface area contributed by atoms with Crippen molar-refractivity contribution in [2.24, 2.45) is 0 Å². The zero-order valence-corrected chi connectivity index (χ0v) is 16.1. The highest BCUT2D eigenvalue weighted by atomic mass is 16.6. The smallest absolute Gasteiger partial charge is 0.251 e. The number of nitrogens with one attached hydrogen (secondary N) is 2. The molecule has 3 aromatic rings. The quantitative estimate of drug-likeness (QED) is 0.599. The van der Waals surface area contributed by atoms with E-state index in [1.807, 2.05) is 36.4 Å². The number of pyridine rings is 1. The van der Waals surface area contributed by atoms with Crippen LogP contribution in [0.1, 0.15) is 22.3 Å². The van der Waals surface area contributed by atoms with Gasteiger partial charge < -0.3 is 20.1 Å². The summed E-state index contributed by atoms with van der Waals surface area (Å²) in [6.07, 6.45) is 3.46. The van der Waals surface area contributed by atoms with Crippen LogP contribution in [-0.2, 0) is 6.42 Å². The Kier molecular flexibility index (Phi) is 5.90. The molecule has 0 aliphatic carbocycles. The third-order valence-electron chi connectivity index (χ3n) is 4.61. The van der Waals surface area contributed by atoms with Crippen molar-refractivity contribution in [2.45, 2.75) is 12.8 Å². The first-order valence-electron chi connectivity index (χ1n) is 9.73. The van der Waals surface area contributed by atoms with Gasteiger partial charge in [-0.3, -0.25) is 4.79 Å². The van der Waals surface area contributed by atoms with Crippen LogP contribution in [0.5, 0.6) is 11.5 Å². The standard InChI is InChI=1S/C23H23N3O3/c27-23(25-11-4-7-17-5-2-1-3-6-17)18-10-12-24-22(15-18)26-19-8-9-20-21(16-19)29-14-13-28-20/h1-3,5-6,8-10,12,15-16H,4,7,11,13-14H2,(H,24,26)(H,25,27). The minimum absolute atomic E-state index is 0.106. The van der Waals surface area contributed by atoms with Crippen LogP contribution in [0.3, 0.4) is 0 Å².